The van der Waals surface area contributed by atoms with Gasteiger partial charge in [0.15, 0.2) is 0 Å². The van der Waals surface area contributed by atoms with Crippen LogP contribution in [0, 0.1) is 6.92 Å². The van der Waals surface area contributed by atoms with Crippen LogP contribution in [0.4, 0.5) is 0 Å². The molecule has 0 aliphatic rings. The Morgan fingerprint density at radius 3 is 2.31 bits per heavy atom. The summed E-state index contributed by atoms with van der Waals surface area (Å²) in [7, 11) is 0. The van der Waals surface area contributed by atoms with Crippen LogP contribution in [0.15, 0.2) is 30.3 Å². The molecule has 1 radical (unpaired) electrons. The predicted octanol–water partition coefficient (Wildman–Crippen LogP) is 2.03. The van der Waals surface area contributed by atoms with E-state index in [2.05, 4.69) is 12.2 Å². The first-order chi connectivity index (χ1) is 5.99. The monoisotopic (exact) mass is 176 g/mol. The molecule has 0 spiro atoms. The van der Waals surface area contributed by atoms with Crippen LogP contribution >= 0.6 is 0 Å². The number of hydrogen-bond acceptors (Lipinski definition) is 1. The molecule has 0 saturated heterocycles. The second-order valence-electron chi connectivity index (χ2n) is 3.70. The standard InChI is InChI=1S/C11H14NO/c1-11(2,3)12-10(13)9-7-5-4-6-8-9/h4-8H,1H2,2-3H3,(H,12,13). The Morgan fingerprint density at radius 2 is 1.85 bits per heavy atom. The minimum atomic E-state index is -0.424. The number of carbonyl (C=O) groups is 1. The second kappa shape index (κ2) is 3.60. The van der Waals surface area contributed by atoms with Gasteiger partial charge < -0.3 is 5.32 Å². The summed E-state index contributed by atoms with van der Waals surface area (Å²) < 4.78 is 0. The number of amides is 1. The van der Waals surface area contributed by atoms with E-state index in [4.69, 9.17) is 0 Å². The van der Waals surface area contributed by atoms with Gasteiger partial charge in [-0.1, -0.05) is 18.2 Å². The minimum Gasteiger partial charge on any atom is -0.347 e. The van der Waals surface area contributed by atoms with Gasteiger partial charge in [-0.25, -0.2) is 0 Å². The molecular formula is C11H14NO. The van der Waals surface area contributed by atoms with Crippen molar-refractivity contribution in [2.75, 3.05) is 0 Å². The average molecular weight is 176 g/mol. The van der Waals surface area contributed by atoms with Gasteiger partial charge >= 0.3 is 0 Å². The maximum absolute atomic E-state index is 11.5. The van der Waals surface area contributed by atoms with Crippen LogP contribution in [-0.4, -0.2) is 11.4 Å². The molecule has 1 amide bonds. The highest BCUT2D eigenvalue weighted by Crippen LogP contribution is 2.03. The van der Waals surface area contributed by atoms with Gasteiger partial charge in [0.05, 0.1) is 0 Å². The van der Waals surface area contributed by atoms with Crippen molar-refractivity contribution in [3.8, 4) is 0 Å². The Bertz CT molecular complexity index is 285. The van der Waals surface area contributed by atoms with Gasteiger partial charge in [-0.2, -0.15) is 0 Å². The highest BCUT2D eigenvalue weighted by atomic mass is 16.1. The summed E-state index contributed by atoms with van der Waals surface area (Å²) in [6.07, 6.45) is 0. The van der Waals surface area contributed by atoms with Crippen LogP contribution < -0.4 is 5.32 Å². The first-order valence-corrected chi connectivity index (χ1v) is 4.22. The van der Waals surface area contributed by atoms with Crippen molar-refractivity contribution in [1.82, 2.24) is 5.32 Å². The third-order valence-electron chi connectivity index (χ3n) is 1.49. The quantitative estimate of drug-likeness (QED) is 0.734. The highest BCUT2D eigenvalue weighted by molar-refractivity contribution is 5.94. The van der Waals surface area contributed by atoms with Crippen molar-refractivity contribution in [1.29, 1.82) is 0 Å². The van der Waals surface area contributed by atoms with Crippen LogP contribution in [0.3, 0.4) is 0 Å². The molecule has 13 heavy (non-hydrogen) atoms. The fraction of sp³-hybridized carbons (Fsp3) is 0.273. The Morgan fingerprint density at radius 1 is 1.31 bits per heavy atom. The Balaban J connectivity index is 2.71. The van der Waals surface area contributed by atoms with Crippen molar-refractivity contribution >= 4 is 5.91 Å². The summed E-state index contributed by atoms with van der Waals surface area (Å²) in [6, 6.07) is 9.12. The molecule has 1 aromatic carbocycles. The van der Waals surface area contributed by atoms with E-state index in [1.54, 1.807) is 12.1 Å². The molecule has 0 unspecified atom stereocenters. The normalized spacial score (nSPS) is 11.0. The SMILES string of the molecule is [CH2]C(C)(C)NC(=O)c1ccccc1. The molecule has 0 fully saturated rings. The summed E-state index contributed by atoms with van der Waals surface area (Å²) >= 11 is 0. The predicted molar refractivity (Wildman–Crippen MR) is 53.3 cm³/mol. The Labute approximate surface area is 79.0 Å². The molecule has 0 atom stereocenters. The fourth-order valence-corrected chi connectivity index (χ4v) is 0.969. The van der Waals surface area contributed by atoms with E-state index in [0.29, 0.717) is 5.56 Å². The lowest BCUT2D eigenvalue weighted by Gasteiger charge is -2.20. The molecule has 1 rings (SSSR count). The van der Waals surface area contributed by atoms with Crippen LogP contribution in [-0.2, 0) is 0 Å². The first kappa shape index (κ1) is 9.78. The van der Waals surface area contributed by atoms with Crippen molar-refractivity contribution in [2.24, 2.45) is 0 Å². The molecule has 0 saturated carbocycles. The molecule has 0 aliphatic carbocycles. The third-order valence-corrected chi connectivity index (χ3v) is 1.49. The largest absolute Gasteiger partial charge is 0.347 e. The van der Waals surface area contributed by atoms with E-state index >= 15 is 0 Å². The maximum atomic E-state index is 11.5. The molecule has 0 aliphatic heterocycles. The van der Waals surface area contributed by atoms with Gasteiger partial charge in [-0.3, -0.25) is 4.79 Å². The Hall–Kier alpha value is -1.31. The van der Waals surface area contributed by atoms with Gasteiger partial charge in [-0.05, 0) is 32.9 Å². The lowest BCUT2D eigenvalue weighted by Crippen LogP contribution is -2.40. The average Bonchev–Trinajstić information content (AvgIpc) is 2.03. The second-order valence-corrected chi connectivity index (χ2v) is 3.70. The summed E-state index contributed by atoms with van der Waals surface area (Å²) in [5, 5.41) is 2.79. The minimum absolute atomic E-state index is 0.0828. The van der Waals surface area contributed by atoms with Gasteiger partial charge in [0.1, 0.15) is 0 Å². The zero-order chi connectivity index (χ0) is 9.90. The molecule has 2 nitrogen and oxygen atoms in total. The topological polar surface area (TPSA) is 29.1 Å². The fourth-order valence-electron chi connectivity index (χ4n) is 0.969. The molecule has 1 N–H and O–H groups in total. The van der Waals surface area contributed by atoms with Crippen molar-refractivity contribution in [2.45, 2.75) is 19.4 Å². The van der Waals surface area contributed by atoms with E-state index in [-0.39, 0.29) is 5.91 Å². The zero-order valence-corrected chi connectivity index (χ0v) is 8.00. The van der Waals surface area contributed by atoms with Crippen LogP contribution in [0.25, 0.3) is 0 Å². The zero-order valence-electron chi connectivity index (χ0n) is 8.00. The summed E-state index contributed by atoms with van der Waals surface area (Å²) in [5.74, 6) is -0.0828. The van der Waals surface area contributed by atoms with Crippen LogP contribution in [0.5, 0.6) is 0 Å². The number of carbonyl (C=O) groups excluding carboxylic acids is 1. The molecule has 0 bridgehead atoms. The molecule has 1 aromatic rings. The van der Waals surface area contributed by atoms with Gasteiger partial charge in [0.25, 0.3) is 5.91 Å². The molecule has 0 heterocycles. The van der Waals surface area contributed by atoms with Gasteiger partial charge in [-0.15, -0.1) is 0 Å². The van der Waals surface area contributed by atoms with E-state index in [1.807, 2.05) is 32.0 Å². The molecular weight excluding hydrogens is 162 g/mol. The lowest BCUT2D eigenvalue weighted by atomic mass is 10.1. The van der Waals surface area contributed by atoms with Crippen molar-refractivity contribution in [3.05, 3.63) is 42.8 Å². The van der Waals surface area contributed by atoms with Crippen molar-refractivity contribution in [3.63, 3.8) is 0 Å². The molecule has 69 valence electrons. The maximum Gasteiger partial charge on any atom is 0.251 e. The van der Waals surface area contributed by atoms with Crippen LogP contribution in [0.2, 0.25) is 0 Å². The van der Waals surface area contributed by atoms with E-state index in [1.165, 1.54) is 0 Å². The van der Waals surface area contributed by atoms with E-state index in [9.17, 15) is 4.79 Å². The smallest absolute Gasteiger partial charge is 0.251 e. The number of nitrogens with one attached hydrogen (secondary N) is 1. The molecule has 0 aromatic heterocycles. The number of benzene rings is 1. The van der Waals surface area contributed by atoms with Gasteiger partial charge in [0, 0.05) is 11.1 Å². The highest BCUT2D eigenvalue weighted by Gasteiger charge is 2.14. The third kappa shape index (κ3) is 3.28. The van der Waals surface area contributed by atoms with E-state index < -0.39 is 5.54 Å². The number of rotatable bonds is 2. The summed E-state index contributed by atoms with van der Waals surface area (Å²) in [5.41, 5.74) is 0.242. The van der Waals surface area contributed by atoms with Gasteiger partial charge in [0.2, 0.25) is 0 Å². The Kier molecular flexibility index (Phi) is 2.71. The van der Waals surface area contributed by atoms with Crippen LogP contribution in [0.1, 0.15) is 24.2 Å². The summed E-state index contributed by atoms with van der Waals surface area (Å²) in [6.45, 7) is 7.51. The van der Waals surface area contributed by atoms with E-state index in [0.717, 1.165) is 0 Å². The lowest BCUT2D eigenvalue weighted by molar-refractivity contribution is 0.0927. The first-order valence-electron chi connectivity index (χ1n) is 4.22. The molecule has 2 heteroatoms. The van der Waals surface area contributed by atoms with Crippen molar-refractivity contribution < 1.29 is 4.79 Å². The number of hydrogen-bond donors (Lipinski definition) is 1. The summed E-state index contributed by atoms with van der Waals surface area (Å²) in [4.78, 5) is 11.5.